The maximum atomic E-state index is 12.5. The smallest absolute Gasteiger partial charge is 0.269 e. The van der Waals surface area contributed by atoms with Crippen molar-refractivity contribution in [3.63, 3.8) is 0 Å². The largest absolute Gasteiger partial charge is 0.494 e. The number of rotatable bonds is 6. The standard InChI is InChI=1S/C19H22N2O2/c1-4-12-23-17-9-6-15(7-10-17)18-11-8-16(13-20)19(22)21(18)14(3)5-2/h6-11,14H,4-5,12H2,1-3H3. The molecule has 0 radical (unpaired) electrons. The van der Waals surface area contributed by atoms with E-state index in [1.165, 1.54) is 0 Å². The van der Waals surface area contributed by atoms with Crippen LogP contribution in [0.4, 0.5) is 0 Å². The molecule has 1 atom stereocenters. The molecule has 0 aliphatic heterocycles. The van der Waals surface area contributed by atoms with Crippen molar-refractivity contribution in [2.45, 2.75) is 39.7 Å². The molecule has 4 nitrogen and oxygen atoms in total. The summed E-state index contributed by atoms with van der Waals surface area (Å²) in [5, 5.41) is 9.10. The van der Waals surface area contributed by atoms with E-state index in [1.54, 1.807) is 10.6 Å². The Hall–Kier alpha value is -2.54. The number of nitrogens with zero attached hydrogens (tertiary/aromatic N) is 2. The monoisotopic (exact) mass is 310 g/mol. The summed E-state index contributed by atoms with van der Waals surface area (Å²) >= 11 is 0. The summed E-state index contributed by atoms with van der Waals surface area (Å²) in [6, 6.07) is 13.2. The first-order valence-corrected chi connectivity index (χ1v) is 8.01. The fraction of sp³-hybridized carbons (Fsp3) is 0.368. The van der Waals surface area contributed by atoms with Gasteiger partial charge in [-0.05, 0) is 61.7 Å². The van der Waals surface area contributed by atoms with E-state index >= 15 is 0 Å². The SMILES string of the molecule is CCCOc1ccc(-c2ccc(C#N)c(=O)n2C(C)CC)cc1. The summed E-state index contributed by atoms with van der Waals surface area (Å²) in [5.74, 6) is 0.821. The lowest BCUT2D eigenvalue weighted by Gasteiger charge is -2.19. The Bertz CT molecular complexity index is 754. The molecule has 2 aromatic rings. The van der Waals surface area contributed by atoms with Crippen molar-refractivity contribution in [1.82, 2.24) is 4.57 Å². The Morgan fingerprint density at radius 3 is 2.43 bits per heavy atom. The van der Waals surface area contributed by atoms with Gasteiger partial charge in [-0.15, -0.1) is 0 Å². The van der Waals surface area contributed by atoms with Crippen molar-refractivity contribution >= 4 is 0 Å². The third-order valence-corrected chi connectivity index (χ3v) is 3.89. The highest BCUT2D eigenvalue weighted by Crippen LogP contribution is 2.25. The number of hydrogen-bond acceptors (Lipinski definition) is 3. The molecule has 0 spiro atoms. The highest BCUT2D eigenvalue weighted by molar-refractivity contribution is 5.61. The van der Waals surface area contributed by atoms with Crippen LogP contribution in [0.1, 0.15) is 45.2 Å². The zero-order chi connectivity index (χ0) is 16.8. The third-order valence-electron chi connectivity index (χ3n) is 3.89. The van der Waals surface area contributed by atoms with Crippen LogP contribution in [0.2, 0.25) is 0 Å². The number of aromatic nitrogens is 1. The number of nitriles is 1. The zero-order valence-electron chi connectivity index (χ0n) is 13.9. The van der Waals surface area contributed by atoms with Gasteiger partial charge in [0.2, 0.25) is 0 Å². The van der Waals surface area contributed by atoms with E-state index in [0.717, 1.165) is 29.8 Å². The molecule has 1 unspecified atom stereocenters. The van der Waals surface area contributed by atoms with Gasteiger partial charge >= 0.3 is 0 Å². The second-order valence-corrected chi connectivity index (χ2v) is 5.55. The van der Waals surface area contributed by atoms with Crippen LogP contribution in [0.15, 0.2) is 41.2 Å². The fourth-order valence-electron chi connectivity index (χ4n) is 2.44. The van der Waals surface area contributed by atoms with E-state index in [4.69, 9.17) is 10.00 Å². The molecule has 120 valence electrons. The maximum Gasteiger partial charge on any atom is 0.269 e. The maximum absolute atomic E-state index is 12.5. The minimum Gasteiger partial charge on any atom is -0.494 e. The molecule has 0 bridgehead atoms. The Morgan fingerprint density at radius 2 is 1.87 bits per heavy atom. The van der Waals surface area contributed by atoms with Gasteiger partial charge in [0.05, 0.1) is 12.3 Å². The van der Waals surface area contributed by atoms with Crippen LogP contribution >= 0.6 is 0 Å². The van der Waals surface area contributed by atoms with Gasteiger partial charge in [-0.1, -0.05) is 13.8 Å². The molecule has 0 amide bonds. The first kappa shape index (κ1) is 16.8. The highest BCUT2D eigenvalue weighted by atomic mass is 16.5. The summed E-state index contributed by atoms with van der Waals surface area (Å²) in [7, 11) is 0. The average Bonchev–Trinajstić information content (AvgIpc) is 2.59. The van der Waals surface area contributed by atoms with Gasteiger partial charge in [0.25, 0.3) is 5.56 Å². The minimum atomic E-state index is -0.231. The van der Waals surface area contributed by atoms with Gasteiger partial charge in [0.15, 0.2) is 0 Å². The Labute approximate surface area is 137 Å². The molecule has 1 aromatic heterocycles. The van der Waals surface area contributed by atoms with Crippen LogP contribution in [-0.4, -0.2) is 11.2 Å². The van der Waals surface area contributed by atoms with Crippen LogP contribution < -0.4 is 10.3 Å². The van der Waals surface area contributed by atoms with E-state index < -0.39 is 0 Å². The number of pyridine rings is 1. The van der Waals surface area contributed by atoms with Crippen molar-refractivity contribution < 1.29 is 4.74 Å². The summed E-state index contributed by atoms with van der Waals surface area (Å²) in [6.45, 7) is 6.77. The van der Waals surface area contributed by atoms with Crippen molar-refractivity contribution in [2.24, 2.45) is 0 Å². The van der Waals surface area contributed by atoms with Crippen molar-refractivity contribution in [3.05, 3.63) is 52.3 Å². The predicted octanol–water partition coefficient (Wildman–Crippen LogP) is 4.15. The van der Waals surface area contributed by atoms with E-state index in [-0.39, 0.29) is 17.2 Å². The quantitative estimate of drug-likeness (QED) is 0.805. The summed E-state index contributed by atoms with van der Waals surface area (Å²) < 4.78 is 7.30. The minimum absolute atomic E-state index is 0.0295. The van der Waals surface area contributed by atoms with Gasteiger partial charge < -0.3 is 9.30 Å². The first-order valence-electron chi connectivity index (χ1n) is 8.01. The van der Waals surface area contributed by atoms with Gasteiger partial charge in [-0.2, -0.15) is 5.26 Å². The lowest BCUT2D eigenvalue weighted by atomic mass is 10.1. The van der Waals surface area contributed by atoms with Crippen LogP contribution in [0, 0.1) is 11.3 Å². The Balaban J connectivity index is 2.49. The van der Waals surface area contributed by atoms with E-state index in [1.807, 2.05) is 50.2 Å². The fourth-order valence-corrected chi connectivity index (χ4v) is 2.44. The van der Waals surface area contributed by atoms with Gasteiger partial charge in [-0.25, -0.2) is 0 Å². The second-order valence-electron chi connectivity index (χ2n) is 5.55. The molecule has 0 saturated carbocycles. The molecule has 0 fully saturated rings. The zero-order valence-corrected chi connectivity index (χ0v) is 13.9. The van der Waals surface area contributed by atoms with Crippen molar-refractivity contribution in [2.75, 3.05) is 6.61 Å². The lowest BCUT2D eigenvalue weighted by molar-refractivity contribution is 0.317. The van der Waals surface area contributed by atoms with Gasteiger partial charge in [-0.3, -0.25) is 4.79 Å². The summed E-state index contributed by atoms with van der Waals surface area (Å²) in [5.41, 5.74) is 1.71. The molecule has 0 saturated heterocycles. The summed E-state index contributed by atoms with van der Waals surface area (Å²) in [4.78, 5) is 12.5. The van der Waals surface area contributed by atoms with Crippen LogP contribution in [0.5, 0.6) is 5.75 Å². The number of hydrogen-bond donors (Lipinski definition) is 0. The molecule has 0 aliphatic rings. The summed E-state index contributed by atoms with van der Waals surface area (Å²) in [6.07, 6.45) is 1.78. The van der Waals surface area contributed by atoms with Gasteiger partial charge in [0, 0.05) is 6.04 Å². The van der Waals surface area contributed by atoms with E-state index in [0.29, 0.717) is 6.61 Å². The lowest BCUT2D eigenvalue weighted by Crippen LogP contribution is -2.26. The van der Waals surface area contributed by atoms with E-state index in [2.05, 4.69) is 6.92 Å². The molecule has 1 aromatic carbocycles. The topological polar surface area (TPSA) is 55.0 Å². The third kappa shape index (κ3) is 3.62. The predicted molar refractivity (Wildman–Crippen MR) is 91.6 cm³/mol. The second kappa shape index (κ2) is 7.64. The number of ether oxygens (including phenoxy) is 1. The molecular weight excluding hydrogens is 288 g/mol. The molecular formula is C19H22N2O2. The highest BCUT2D eigenvalue weighted by Gasteiger charge is 2.14. The Kier molecular flexibility index (Phi) is 5.59. The first-order chi connectivity index (χ1) is 11.1. The normalized spacial score (nSPS) is 11.7. The van der Waals surface area contributed by atoms with Crippen molar-refractivity contribution in [1.29, 1.82) is 5.26 Å². The molecule has 0 aliphatic carbocycles. The van der Waals surface area contributed by atoms with E-state index in [9.17, 15) is 4.79 Å². The molecule has 23 heavy (non-hydrogen) atoms. The van der Waals surface area contributed by atoms with Crippen molar-refractivity contribution in [3.8, 4) is 23.1 Å². The van der Waals surface area contributed by atoms with Crippen LogP contribution in [0.3, 0.4) is 0 Å². The molecule has 4 heteroatoms. The van der Waals surface area contributed by atoms with Gasteiger partial charge in [0.1, 0.15) is 17.4 Å². The van der Waals surface area contributed by atoms with Crippen LogP contribution in [0.25, 0.3) is 11.3 Å². The van der Waals surface area contributed by atoms with Crippen LogP contribution in [-0.2, 0) is 0 Å². The molecule has 1 heterocycles. The number of benzene rings is 1. The molecule has 2 rings (SSSR count). The average molecular weight is 310 g/mol. The Morgan fingerprint density at radius 1 is 1.17 bits per heavy atom. The molecule has 0 N–H and O–H groups in total.